The lowest BCUT2D eigenvalue weighted by molar-refractivity contribution is 0.322. The number of anilines is 2. The summed E-state index contributed by atoms with van der Waals surface area (Å²) in [7, 11) is 3.71. The average molecular weight is 446 g/mol. The largest absolute Gasteiger partial charge is 0.491 e. The highest BCUT2D eigenvalue weighted by molar-refractivity contribution is 5.98. The minimum atomic E-state index is -0.494. The number of likely N-dealkylation sites (N-methyl/N-ethyl adjacent to an activating group) is 1. The van der Waals surface area contributed by atoms with Gasteiger partial charge in [0, 0.05) is 30.9 Å². The van der Waals surface area contributed by atoms with Gasteiger partial charge in [-0.15, -0.1) is 0 Å². The molecule has 0 aliphatic carbocycles. The molecule has 0 aliphatic rings. The van der Waals surface area contributed by atoms with E-state index in [0.717, 1.165) is 11.1 Å². The van der Waals surface area contributed by atoms with Crippen molar-refractivity contribution in [3.8, 4) is 16.9 Å². The van der Waals surface area contributed by atoms with Crippen LogP contribution in [0.3, 0.4) is 0 Å². The van der Waals surface area contributed by atoms with Crippen LogP contribution in [0.2, 0.25) is 0 Å². The van der Waals surface area contributed by atoms with Crippen molar-refractivity contribution in [1.29, 1.82) is 0 Å². The SMILES string of the molecule is C=Cc1c(N=C)ccc(Nc2ncnc3cc(-c4cnn(C)c4)cc(OCCNC)c23)c1F. The maximum absolute atomic E-state index is 15.1. The third-order valence-corrected chi connectivity index (χ3v) is 5.13. The summed E-state index contributed by atoms with van der Waals surface area (Å²) >= 11 is 0. The Morgan fingerprint density at radius 2 is 2.09 bits per heavy atom. The predicted molar refractivity (Wildman–Crippen MR) is 130 cm³/mol. The van der Waals surface area contributed by atoms with Crippen LogP contribution >= 0.6 is 0 Å². The van der Waals surface area contributed by atoms with E-state index in [1.54, 1.807) is 23.0 Å². The monoisotopic (exact) mass is 445 g/mol. The molecule has 0 aliphatic heterocycles. The van der Waals surface area contributed by atoms with Crippen molar-refractivity contribution in [3.05, 3.63) is 60.9 Å². The molecule has 0 amide bonds. The average Bonchev–Trinajstić information content (AvgIpc) is 3.26. The van der Waals surface area contributed by atoms with Gasteiger partial charge >= 0.3 is 0 Å². The smallest absolute Gasteiger partial charge is 0.156 e. The maximum Gasteiger partial charge on any atom is 0.156 e. The predicted octanol–water partition coefficient (Wildman–Crippen LogP) is 4.49. The molecule has 0 fully saturated rings. The van der Waals surface area contributed by atoms with Crippen molar-refractivity contribution in [2.24, 2.45) is 12.0 Å². The van der Waals surface area contributed by atoms with Crippen LogP contribution in [0.1, 0.15) is 5.56 Å². The van der Waals surface area contributed by atoms with E-state index in [2.05, 4.69) is 44.0 Å². The Morgan fingerprint density at radius 1 is 1.24 bits per heavy atom. The Morgan fingerprint density at radius 3 is 2.79 bits per heavy atom. The molecule has 0 unspecified atom stereocenters. The second-order valence-electron chi connectivity index (χ2n) is 7.29. The summed E-state index contributed by atoms with van der Waals surface area (Å²) in [6, 6.07) is 7.11. The van der Waals surface area contributed by atoms with Gasteiger partial charge in [0.25, 0.3) is 0 Å². The topological polar surface area (TPSA) is 89.3 Å². The van der Waals surface area contributed by atoms with Crippen molar-refractivity contribution in [2.75, 3.05) is 25.5 Å². The summed E-state index contributed by atoms with van der Waals surface area (Å²) in [6.45, 7) is 8.26. The Labute approximate surface area is 190 Å². The number of aryl methyl sites for hydroxylation is 1. The summed E-state index contributed by atoms with van der Waals surface area (Å²) in [5, 5.41) is 11.0. The molecule has 0 atom stereocenters. The van der Waals surface area contributed by atoms with Crippen molar-refractivity contribution in [1.82, 2.24) is 25.1 Å². The van der Waals surface area contributed by atoms with Crippen LogP contribution < -0.4 is 15.4 Å². The van der Waals surface area contributed by atoms with Gasteiger partial charge in [-0.05, 0) is 43.6 Å². The molecule has 2 aromatic heterocycles. The van der Waals surface area contributed by atoms with Gasteiger partial charge in [0.2, 0.25) is 0 Å². The third kappa shape index (κ3) is 4.44. The van der Waals surface area contributed by atoms with Gasteiger partial charge in [-0.1, -0.05) is 12.7 Å². The van der Waals surface area contributed by atoms with E-state index in [1.807, 2.05) is 32.4 Å². The lowest BCUT2D eigenvalue weighted by atomic mass is 10.1. The lowest BCUT2D eigenvalue weighted by Crippen LogP contribution is -2.16. The number of benzene rings is 2. The van der Waals surface area contributed by atoms with Crippen LogP contribution in [0.25, 0.3) is 28.1 Å². The van der Waals surface area contributed by atoms with Gasteiger partial charge < -0.3 is 15.4 Å². The van der Waals surface area contributed by atoms with E-state index in [9.17, 15) is 0 Å². The van der Waals surface area contributed by atoms with E-state index in [1.165, 1.54) is 12.4 Å². The first-order chi connectivity index (χ1) is 16.0. The van der Waals surface area contributed by atoms with Gasteiger partial charge in [0.15, 0.2) is 5.82 Å². The molecule has 9 heteroatoms. The standard InChI is InChI=1S/C24H24FN7O/c1-5-17-18(27-3)6-7-19(23(17)25)31-24-22-20(28-14-29-24)10-15(16-12-30-32(4)13-16)11-21(22)33-9-8-26-2/h5-7,10-14,26H,1,3,8-9H2,2,4H3,(H,28,29,31). The number of hydrogen-bond acceptors (Lipinski definition) is 7. The number of nitrogens with one attached hydrogen (secondary N) is 2. The zero-order valence-electron chi connectivity index (χ0n) is 18.5. The molecule has 33 heavy (non-hydrogen) atoms. The normalized spacial score (nSPS) is 10.9. The fourth-order valence-electron chi connectivity index (χ4n) is 3.50. The number of fused-ring (bicyclic) bond motifs is 1. The Hall–Kier alpha value is -4.11. The van der Waals surface area contributed by atoms with Crippen LogP contribution in [-0.4, -0.2) is 46.7 Å². The molecule has 0 radical (unpaired) electrons. The zero-order chi connectivity index (χ0) is 23.4. The van der Waals surface area contributed by atoms with E-state index >= 15 is 4.39 Å². The molecule has 4 aromatic rings. The van der Waals surface area contributed by atoms with Crippen LogP contribution in [-0.2, 0) is 7.05 Å². The Kier molecular flexibility index (Phi) is 6.41. The molecule has 168 valence electrons. The second kappa shape index (κ2) is 9.58. The third-order valence-electron chi connectivity index (χ3n) is 5.13. The molecule has 2 heterocycles. The number of aliphatic imine (C=N–C) groups is 1. The van der Waals surface area contributed by atoms with Gasteiger partial charge in [-0.25, -0.2) is 14.4 Å². The number of hydrogen-bond donors (Lipinski definition) is 2. The van der Waals surface area contributed by atoms with Gasteiger partial charge in [-0.2, -0.15) is 5.10 Å². The summed E-state index contributed by atoms with van der Waals surface area (Å²) < 4.78 is 22.9. The molecule has 8 nitrogen and oxygen atoms in total. The quantitative estimate of drug-likeness (QED) is 0.292. The molecule has 0 saturated heterocycles. The highest BCUT2D eigenvalue weighted by Gasteiger charge is 2.17. The number of halogens is 1. The van der Waals surface area contributed by atoms with E-state index in [0.29, 0.717) is 41.3 Å². The first kappa shape index (κ1) is 22.1. The fourth-order valence-corrected chi connectivity index (χ4v) is 3.50. The van der Waals surface area contributed by atoms with Crippen LogP contribution in [0.5, 0.6) is 5.75 Å². The maximum atomic E-state index is 15.1. The van der Waals surface area contributed by atoms with Crippen LogP contribution in [0.4, 0.5) is 21.6 Å². The zero-order valence-corrected chi connectivity index (χ0v) is 18.5. The van der Waals surface area contributed by atoms with Crippen molar-refractivity contribution < 1.29 is 9.13 Å². The van der Waals surface area contributed by atoms with Crippen LogP contribution in [0, 0.1) is 5.82 Å². The van der Waals surface area contributed by atoms with Crippen LogP contribution in [0.15, 0.2) is 54.6 Å². The number of rotatable bonds is 9. The van der Waals surface area contributed by atoms with E-state index in [-0.39, 0.29) is 11.3 Å². The number of ether oxygens (including phenoxy) is 1. The minimum Gasteiger partial charge on any atom is -0.491 e. The molecule has 4 rings (SSSR count). The van der Waals surface area contributed by atoms with Gasteiger partial charge in [0.1, 0.15) is 24.5 Å². The second-order valence-corrected chi connectivity index (χ2v) is 7.29. The molecule has 2 aromatic carbocycles. The van der Waals surface area contributed by atoms with Crippen molar-refractivity contribution in [2.45, 2.75) is 0 Å². The summed E-state index contributed by atoms with van der Waals surface area (Å²) in [6.07, 6.45) is 6.54. The lowest BCUT2D eigenvalue weighted by Gasteiger charge is -2.15. The van der Waals surface area contributed by atoms with E-state index in [4.69, 9.17) is 4.74 Å². The fraction of sp³-hybridized carbons (Fsp3) is 0.167. The van der Waals surface area contributed by atoms with Gasteiger partial charge in [0.05, 0.1) is 28.5 Å². The Bertz CT molecular complexity index is 1330. The van der Waals surface area contributed by atoms with Crippen molar-refractivity contribution in [3.63, 3.8) is 0 Å². The first-order valence-corrected chi connectivity index (χ1v) is 10.3. The molecule has 0 bridgehead atoms. The number of aromatic nitrogens is 4. The first-order valence-electron chi connectivity index (χ1n) is 10.3. The van der Waals surface area contributed by atoms with Crippen molar-refractivity contribution >= 4 is 40.9 Å². The minimum absolute atomic E-state index is 0.231. The van der Waals surface area contributed by atoms with Gasteiger partial charge in [-0.3, -0.25) is 9.67 Å². The molecular weight excluding hydrogens is 421 g/mol. The molecule has 0 spiro atoms. The summed E-state index contributed by atoms with van der Waals surface area (Å²) in [4.78, 5) is 12.7. The molecule has 2 N–H and O–H groups in total. The molecular formula is C24H24FN7O. The highest BCUT2D eigenvalue weighted by Crippen LogP contribution is 2.37. The highest BCUT2D eigenvalue weighted by atomic mass is 19.1. The summed E-state index contributed by atoms with van der Waals surface area (Å²) in [5.74, 6) is 0.509. The molecule has 0 saturated carbocycles. The summed E-state index contributed by atoms with van der Waals surface area (Å²) in [5.41, 5.74) is 3.40. The Balaban J connectivity index is 1.84. The van der Waals surface area contributed by atoms with E-state index < -0.39 is 5.82 Å². The number of nitrogens with zero attached hydrogens (tertiary/aromatic N) is 5.